The van der Waals surface area contributed by atoms with E-state index in [1.54, 1.807) is 7.11 Å². The third kappa shape index (κ3) is 3.70. The van der Waals surface area contributed by atoms with Gasteiger partial charge in [0.15, 0.2) is 0 Å². The molecule has 0 bridgehead atoms. The molecule has 2 aromatic rings. The Hall–Kier alpha value is -1.07. The number of benzene rings is 2. The van der Waals surface area contributed by atoms with Crippen LogP contribution in [-0.2, 0) is 0 Å². The molecule has 0 radical (unpaired) electrons. The topological polar surface area (TPSA) is 21.3 Å². The smallest absolute Gasteiger partial charge is 0.119 e. The second kappa shape index (κ2) is 6.91. The van der Waals surface area contributed by atoms with E-state index in [4.69, 9.17) is 4.74 Å². The van der Waals surface area contributed by atoms with E-state index in [2.05, 4.69) is 71.2 Å². The SMILES string of the molecule is CCNC(c1ccc(I)cc1)c1cccc(OC)c1. The Labute approximate surface area is 128 Å². The fraction of sp³-hybridized carbons (Fsp3) is 0.250. The van der Waals surface area contributed by atoms with Gasteiger partial charge in [0.05, 0.1) is 13.2 Å². The summed E-state index contributed by atoms with van der Waals surface area (Å²) in [7, 11) is 1.70. The van der Waals surface area contributed by atoms with Crippen molar-refractivity contribution in [2.24, 2.45) is 0 Å². The minimum atomic E-state index is 0.206. The third-order valence-corrected chi connectivity index (χ3v) is 3.76. The molecule has 3 heteroatoms. The third-order valence-electron chi connectivity index (χ3n) is 3.04. The van der Waals surface area contributed by atoms with Crippen molar-refractivity contribution >= 4 is 22.6 Å². The van der Waals surface area contributed by atoms with E-state index >= 15 is 0 Å². The van der Waals surface area contributed by atoms with Gasteiger partial charge < -0.3 is 10.1 Å². The molecule has 0 aliphatic rings. The zero-order chi connectivity index (χ0) is 13.7. The molecule has 0 fully saturated rings. The highest BCUT2D eigenvalue weighted by atomic mass is 127. The first-order chi connectivity index (χ1) is 9.24. The van der Waals surface area contributed by atoms with Crippen LogP contribution in [0.5, 0.6) is 5.75 Å². The van der Waals surface area contributed by atoms with Crippen molar-refractivity contribution < 1.29 is 4.74 Å². The minimum absolute atomic E-state index is 0.206. The Morgan fingerprint density at radius 1 is 1.11 bits per heavy atom. The van der Waals surface area contributed by atoms with Crippen molar-refractivity contribution in [2.45, 2.75) is 13.0 Å². The van der Waals surface area contributed by atoms with Crippen molar-refractivity contribution in [1.82, 2.24) is 5.32 Å². The lowest BCUT2D eigenvalue weighted by Crippen LogP contribution is -2.21. The molecule has 1 unspecified atom stereocenters. The molecule has 0 saturated heterocycles. The van der Waals surface area contributed by atoms with Crippen molar-refractivity contribution in [3.05, 3.63) is 63.2 Å². The van der Waals surface area contributed by atoms with Gasteiger partial charge in [-0.25, -0.2) is 0 Å². The highest BCUT2D eigenvalue weighted by Gasteiger charge is 2.13. The maximum absolute atomic E-state index is 5.31. The predicted octanol–water partition coefficient (Wildman–Crippen LogP) is 4.00. The molecule has 0 saturated carbocycles. The van der Waals surface area contributed by atoms with Gasteiger partial charge in [0.25, 0.3) is 0 Å². The van der Waals surface area contributed by atoms with Gasteiger partial charge in [-0.3, -0.25) is 0 Å². The highest BCUT2D eigenvalue weighted by molar-refractivity contribution is 14.1. The number of halogens is 1. The first kappa shape index (κ1) is 14.3. The number of rotatable bonds is 5. The van der Waals surface area contributed by atoms with Crippen LogP contribution in [0.3, 0.4) is 0 Å². The maximum atomic E-state index is 5.31. The van der Waals surface area contributed by atoms with Crippen LogP contribution in [0.15, 0.2) is 48.5 Å². The molecule has 1 N–H and O–H groups in total. The fourth-order valence-electron chi connectivity index (χ4n) is 2.11. The number of methoxy groups -OCH3 is 1. The van der Waals surface area contributed by atoms with Gasteiger partial charge in [-0.05, 0) is 64.5 Å². The minimum Gasteiger partial charge on any atom is -0.497 e. The molecule has 2 nitrogen and oxygen atoms in total. The lowest BCUT2D eigenvalue weighted by Gasteiger charge is -2.19. The molecule has 0 aromatic heterocycles. The zero-order valence-electron chi connectivity index (χ0n) is 11.2. The van der Waals surface area contributed by atoms with Gasteiger partial charge in [-0.2, -0.15) is 0 Å². The Balaban J connectivity index is 2.35. The van der Waals surface area contributed by atoms with E-state index in [1.807, 2.05) is 12.1 Å². The van der Waals surface area contributed by atoms with Crippen molar-refractivity contribution in [3.8, 4) is 5.75 Å². The largest absolute Gasteiger partial charge is 0.497 e. The summed E-state index contributed by atoms with van der Waals surface area (Å²) in [6, 6.07) is 17.1. The lowest BCUT2D eigenvalue weighted by molar-refractivity contribution is 0.413. The van der Waals surface area contributed by atoms with Crippen molar-refractivity contribution in [1.29, 1.82) is 0 Å². The monoisotopic (exact) mass is 367 g/mol. The van der Waals surface area contributed by atoms with Gasteiger partial charge in [0, 0.05) is 3.57 Å². The van der Waals surface area contributed by atoms with E-state index in [9.17, 15) is 0 Å². The molecular formula is C16H18INO. The molecule has 0 aliphatic carbocycles. The van der Waals surface area contributed by atoms with E-state index in [-0.39, 0.29) is 6.04 Å². The summed E-state index contributed by atoms with van der Waals surface area (Å²) in [6.07, 6.45) is 0. The van der Waals surface area contributed by atoms with Gasteiger partial charge in [-0.1, -0.05) is 31.2 Å². The van der Waals surface area contributed by atoms with Crippen LogP contribution < -0.4 is 10.1 Å². The first-order valence-electron chi connectivity index (χ1n) is 6.37. The average Bonchev–Trinajstić information content (AvgIpc) is 2.46. The molecule has 19 heavy (non-hydrogen) atoms. The molecule has 0 heterocycles. The number of nitrogens with one attached hydrogen (secondary N) is 1. The van der Waals surface area contributed by atoms with E-state index in [0.29, 0.717) is 0 Å². The van der Waals surface area contributed by atoms with Crippen molar-refractivity contribution in [2.75, 3.05) is 13.7 Å². The Bertz CT molecular complexity index is 525. The Morgan fingerprint density at radius 3 is 2.47 bits per heavy atom. The van der Waals surface area contributed by atoms with E-state index in [1.165, 1.54) is 14.7 Å². The maximum Gasteiger partial charge on any atom is 0.119 e. The first-order valence-corrected chi connectivity index (χ1v) is 7.45. The van der Waals surface area contributed by atoms with E-state index < -0.39 is 0 Å². The van der Waals surface area contributed by atoms with Crippen LogP contribution in [-0.4, -0.2) is 13.7 Å². The summed E-state index contributed by atoms with van der Waals surface area (Å²) < 4.78 is 6.56. The standard InChI is InChI=1S/C16H18INO/c1-3-18-16(12-7-9-14(17)10-8-12)13-5-4-6-15(11-13)19-2/h4-11,16,18H,3H2,1-2H3. The Kier molecular flexibility index (Phi) is 5.22. The summed E-state index contributed by atoms with van der Waals surface area (Å²) in [6.45, 7) is 3.05. The molecule has 0 aliphatic heterocycles. The summed E-state index contributed by atoms with van der Waals surface area (Å²) in [5.74, 6) is 0.894. The van der Waals surface area contributed by atoms with Crippen LogP contribution in [0.1, 0.15) is 24.1 Å². The van der Waals surface area contributed by atoms with Gasteiger partial charge >= 0.3 is 0 Å². The average molecular weight is 367 g/mol. The highest BCUT2D eigenvalue weighted by Crippen LogP contribution is 2.25. The summed E-state index contributed by atoms with van der Waals surface area (Å²) in [5.41, 5.74) is 2.50. The van der Waals surface area contributed by atoms with E-state index in [0.717, 1.165) is 12.3 Å². The molecule has 0 spiro atoms. The summed E-state index contributed by atoms with van der Waals surface area (Å²) in [5, 5.41) is 3.53. The second-order valence-corrected chi connectivity index (χ2v) is 5.56. The van der Waals surface area contributed by atoms with Gasteiger partial charge in [0.2, 0.25) is 0 Å². The molecule has 2 aromatic carbocycles. The second-order valence-electron chi connectivity index (χ2n) is 4.32. The zero-order valence-corrected chi connectivity index (χ0v) is 13.3. The van der Waals surface area contributed by atoms with Crippen molar-refractivity contribution in [3.63, 3.8) is 0 Å². The fourth-order valence-corrected chi connectivity index (χ4v) is 2.47. The number of hydrogen-bond donors (Lipinski definition) is 1. The Morgan fingerprint density at radius 2 is 1.84 bits per heavy atom. The predicted molar refractivity (Wildman–Crippen MR) is 87.7 cm³/mol. The van der Waals surface area contributed by atoms with Crippen LogP contribution in [0, 0.1) is 3.57 Å². The molecule has 100 valence electrons. The lowest BCUT2D eigenvalue weighted by atomic mass is 9.98. The molecule has 1 atom stereocenters. The normalized spacial score (nSPS) is 12.2. The number of hydrogen-bond acceptors (Lipinski definition) is 2. The van der Waals surface area contributed by atoms with Gasteiger partial charge in [0.1, 0.15) is 5.75 Å². The molecular weight excluding hydrogens is 349 g/mol. The number of ether oxygens (including phenoxy) is 1. The summed E-state index contributed by atoms with van der Waals surface area (Å²) in [4.78, 5) is 0. The van der Waals surface area contributed by atoms with Crippen LogP contribution in [0.4, 0.5) is 0 Å². The van der Waals surface area contributed by atoms with Crippen LogP contribution in [0.25, 0.3) is 0 Å². The summed E-state index contributed by atoms with van der Waals surface area (Å²) >= 11 is 2.33. The molecule has 0 amide bonds. The van der Waals surface area contributed by atoms with Crippen LogP contribution >= 0.6 is 22.6 Å². The molecule has 2 rings (SSSR count). The quantitative estimate of drug-likeness (QED) is 0.807. The van der Waals surface area contributed by atoms with Gasteiger partial charge in [-0.15, -0.1) is 0 Å². The van der Waals surface area contributed by atoms with Crippen LogP contribution in [0.2, 0.25) is 0 Å².